The summed E-state index contributed by atoms with van der Waals surface area (Å²) in [6.07, 6.45) is 1.43. The van der Waals surface area contributed by atoms with Gasteiger partial charge in [-0.3, -0.25) is 4.79 Å². The number of hydrogen-bond donors (Lipinski definition) is 2. The van der Waals surface area contributed by atoms with E-state index in [2.05, 4.69) is 5.32 Å². The molecular weight excluding hydrogens is 308 g/mol. The number of nitrogens with one attached hydrogen (secondary N) is 1. The summed E-state index contributed by atoms with van der Waals surface area (Å²) in [4.78, 5) is 22.6. The number of amides is 1. The van der Waals surface area contributed by atoms with Gasteiger partial charge in [-0.1, -0.05) is 13.3 Å². The number of carboxylic acids is 1. The van der Waals surface area contributed by atoms with Gasteiger partial charge in [0.05, 0.1) is 4.90 Å². The number of nitrogens with two attached hydrogens (primary N) is 1. The van der Waals surface area contributed by atoms with Gasteiger partial charge in [-0.25, -0.2) is 13.6 Å². The highest BCUT2D eigenvalue weighted by atomic mass is 32.2. The van der Waals surface area contributed by atoms with E-state index in [1.165, 1.54) is 24.3 Å². The molecule has 0 saturated carbocycles. The molecule has 0 aliphatic carbocycles. The SMILES string of the molecule is CCC[C@H](CCC(=O)Nc1ccc(S(N)(=O)=O)cc1)C(=O)[O-]. The van der Waals surface area contributed by atoms with Crippen molar-refractivity contribution < 1.29 is 23.1 Å². The van der Waals surface area contributed by atoms with Crippen LogP contribution in [0.3, 0.4) is 0 Å². The summed E-state index contributed by atoms with van der Waals surface area (Å²) in [5, 5.41) is 18.4. The minimum atomic E-state index is -3.77. The van der Waals surface area contributed by atoms with Gasteiger partial charge in [0.2, 0.25) is 15.9 Å². The molecule has 0 aromatic heterocycles. The summed E-state index contributed by atoms with van der Waals surface area (Å²) in [6.45, 7) is 1.86. The van der Waals surface area contributed by atoms with Gasteiger partial charge < -0.3 is 15.2 Å². The van der Waals surface area contributed by atoms with E-state index >= 15 is 0 Å². The van der Waals surface area contributed by atoms with Gasteiger partial charge in [-0.15, -0.1) is 0 Å². The van der Waals surface area contributed by atoms with E-state index in [1.54, 1.807) is 0 Å². The predicted octanol–water partition coefficient (Wildman–Crippen LogP) is 0.219. The molecule has 1 aromatic carbocycles. The Labute approximate surface area is 129 Å². The molecule has 0 unspecified atom stereocenters. The Morgan fingerprint density at radius 3 is 2.27 bits per heavy atom. The topological polar surface area (TPSA) is 129 Å². The van der Waals surface area contributed by atoms with Crippen molar-refractivity contribution >= 4 is 27.6 Å². The summed E-state index contributed by atoms with van der Waals surface area (Å²) in [6, 6.07) is 5.40. The average molecular weight is 327 g/mol. The summed E-state index contributed by atoms with van der Waals surface area (Å²) in [7, 11) is -3.77. The Kier molecular flexibility index (Phi) is 6.51. The first-order chi connectivity index (χ1) is 10.2. The predicted molar refractivity (Wildman–Crippen MR) is 79.1 cm³/mol. The molecule has 22 heavy (non-hydrogen) atoms. The number of anilines is 1. The van der Waals surface area contributed by atoms with Crippen LogP contribution in [0.4, 0.5) is 5.69 Å². The van der Waals surface area contributed by atoms with Crippen LogP contribution < -0.4 is 15.6 Å². The molecule has 0 fully saturated rings. The van der Waals surface area contributed by atoms with Crippen LogP contribution in [0.5, 0.6) is 0 Å². The van der Waals surface area contributed by atoms with Crippen LogP contribution in [-0.4, -0.2) is 20.3 Å². The van der Waals surface area contributed by atoms with Crippen molar-refractivity contribution in [1.82, 2.24) is 0 Å². The smallest absolute Gasteiger partial charge is 0.238 e. The third-order valence-electron chi connectivity index (χ3n) is 3.16. The van der Waals surface area contributed by atoms with Crippen LogP contribution in [0.15, 0.2) is 29.2 Å². The summed E-state index contributed by atoms with van der Waals surface area (Å²) < 4.78 is 22.2. The first kappa shape index (κ1) is 18.1. The van der Waals surface area contributed by atoms with E-state index in [0.29, 0.717) is 18.5 Å². The van der Waals surface area contributed by atoms with Crippen molar-refractivity contribution in [2.45, 2.75) is 37.5 Å². The van der Waals surface area contributed by atoms with E-state index < -0.39 is 21.9 Å². The third-order valence-corrected chi connectivity index (χ3v) is 4.09. The van der Waals surface area contributed by atoms with Gasteiger partial charge in [0.1, 0.15) is 0 Å². The second-order valence-electron chi connectivity index (χ2n) is 4.96. The number of benzene rings is 1. The fraction of sp³-hybridized carbons (Fsp3) is 0.429. The van der Waals surface area contributed by atoms with E-state index in [4.69, 9.17) is 5.14 Å². The zero-order chi connectivity index (χ0) is 16.8. The fourth-order valence-corrected chi connectivity index (χ4v) is 2.50. The molecule has 0 aliphatic rings. The van der Waals surface area contributed by atoms with Crippen molar-refractivity contribution in [2.75, 3.05) is 5.32 Å². The van der Waals surface area contributed by atoms with Gasteiger partial charge in [0.25, 0.3) is 0 Å². The minimum Gasteiger partial charge on any atom is -0.550 e. The van der Waals surface area contributed by atoms with Crippen LogP contribution in [-0.2, 0) is 19.6 Å². The Hall–Kier alpha value is -1.93. The first-order valence-corrected chi connectivity index (χ1v) is 8.42. The molecule has 122 valence electrons. The number of primary sulfonamides is 1. The molecule has 0 spiro atoms. The van der Waals surface area contributed by atoms with Gasteiger partial charge in [-0.2, -0.15) is 0 Å². The second kappa shape index (κ2) is 7.90. The van der Waals surface area contributed by atoms with Gasteiger partial charge in [0, 0.05) is 18.1 Å². The molecular formula is C14H19N2O5S-. The van der Waals surface area contributed by atoms with Gasteiger partial charge in [0.15, 0.2) is 0 Å². The molecule has 0 bridgehead atoms. The van der Waals surface area contributed by atoms with Crippen molar-refractivity contribution in [3.05, 3.63) is 24.3 Å². The Morgan fingerprint density at radius 2 is 1.82 bits per heavy atom. The Bertz CT molecular complexity index is 625. The molecule has 1 amide bonds. The largest absolute Gasteiger partial charge is 0.550 e. The molecule has 1 atom stereocenters. The van der Waals surface area contributed by atoms with Crippen molar-refractivity contribution in [2.24, 2.45) is 11.1 Å². The number of carboxylic acid groups (broad SMARTS) is 1. The molecule has 0 saturated heterocycles. The molecule has 0 aliphatic heterocycles. The van der Waals surface area contributed by atoms with Crippen LogP contribution in [0.1, 0.15) is 32.6 Å². The van der Waals surface area contributed by atoms with Crippen molar-refractivity contribution in [3.63, 3.8) is 0 Å². The summed E-state index contributed by atoms with van der Waals surface area (Å²) in [5.74, 6) is -2.13. The molecule has 3 N–H and O–H groups in total. The molecule has 0 radical (unpaired) electrons. The third kappa shape index (κ3) is 5.82. The lowest BCUT2D eigenvalue weighted by Gasteiger charge is -2.16. The lowest BCUT2D eigenvalue weighted by atomic mass is 9.98. The Morgan fingerprint density at radius 1 is 1.23 bits per heavy atom. The molecule has 1 rings (SSSR count). The van der Waals surface area contributed by atoms with E-state index in [-0.39, 0.29) is 23.6 Å². The number of sulfonamides is 1. The monoisotopic (exact) mass is 327 g/mol. The van der Waals surface area contributed by atoms with Gasteiger partial charge >= 0.3 is 0 Å². The maximum atomic E-state index is 11.8. The van der Waals surface area contributed by atoms with E-state index in [0.717, 1.165) is 0 Å². The summed E-state index contributed by atoms with van der Waals surface area (Å²) in [5.41, 5.74) is 0.415. The van der Waals surface area contributed by atoms with Crippen LogP contribution in [0.2, 0.25) is 0 Å². The zero-order valence-corrected chi connectivity index (χ0v) is 13.1. The van der Waals surface area contributed by atoms with Crippen LogP contribution in [0.25, 0.3) is 0 Å². The zero-order valence-electron chi connectivity index (χ0n) is 12.2. The van der Waals surface area contributed by atoms with E-state index in [1.807, 2.05) is 6.92 Å². The Balaban J connectivity index is 2.56. The number of carbonyl (C=O) groups is 2. The number of carbonyl (C=O) groups excluding carboxylic acids is 2. The molecule has 1 aromatic rings. The molecule has 7 nitrogen and oxygen atoms in total. The number of rotatable bonds is 8. The lowest BCUT2D eigenvalue weighted by Crippen LogP contribution is -2.32. The lowest BCUT2D eigenvalue weighted by molar-refractivity contribution is -0.312. The highest BCUT2D eigenvalue weighted by Crippen LogP contribution is 2.16. The molecule has 8 heteroatoms. The maximum absolute atomic E-state index is 11.8. The normalized spacial score (nSPS) is 12.6. The quantitative estimate of drug-likeness (QED) is 0.705. The number of hydrogen-bond acceptors (Lipinski definition) is 5. The minimum absolute atomic E-state index is 0.0505. The van der Waals surface area contributed by atoms with Crippen LogP contribution in [0, 0.1) is 5.92 Å². The standard InChI is InChI=1S/C14H20N2O5S/c1-2-3-10(14(18)19)4-9-13(17)16-11-5-7-12(8-6-11)22(15,20)21/h5-8,10H,2-4,9H2,1H3,(H,16,17)(H,18,19)(H2,15,20,21)/p-1/t10-/m1/s1. The van der Waals surface area contributed by atoms with Crippen molar-refractivity contribution in [3.8, 4) is 0 Å². The number of aliphatic carboxylic acids is 1. The summed E-state index contributed by atoms with van der Waals surface area (Å²) >= 11 is 0. The van der Waals surface area contributed by atoms with Crippen molar-refractivity contribution in [1.29, 1.82) is 0 Å². The average Bonchev–Trinajstić information content (AvgIpc) is 2.42. The maximum Gasteiger partial charge on any atom is 0.238 e. The van der Waals surface area contributed by atoms with E-state index in [9.17, 15) is 23.1 Å². The van der Waals surface area contributed by atoms with Crippen LogP contribution >= 0.6 is 0 Å². The highest BCUT2D eigenvalue weighted by molar-refractivity contribution is 7.89. The van der Waals surface area contributed by atoms with Gasteiger partial charge in [-0.05, 0) is 43.0 Å². The highest BCUT2D eigenvalue weighted by Gasteiger charge is 2.12. The second-order valence-corrected chi connectivity index (χ2v) is 6.52. The first-order valence-electron chi connectivity index (χ1n) is 6.87. The fourth-order valence-electron chi connectivity index (χ4n) is 1.99. The molecule has 0 heterocycles.